The largest absolute Gasteiger partial charge is 0.417 e. The third-order valence-corrected chi connectivity index (χ3v) is 11.7. The molecule has 0 radical (unpaired) electrons. The van der Waals surface area contributed by atoms with Crippen LogP contribution in [0.25, 0.3) is 88.4 Å². The van der Waals surface area contributed by atoms with E-state index >= 15 is 13.2 Å². The van der Waals surface area contributed by atoms with Gasteiger partial charge in [0.15, 0.2) is 0 Å². The number of halogens is 3. The summed E-state index contributed by atoms with van der Waals surface area (Å²) in [6.45, 7) is 8.32. The van der Waals surface area contributed by atoms with Gasteiger partial charge in [-0.2, -0.15) is 18.4 Å². The van der Waals surface area contributed by atoms with E-state index in [1.165, 1.54) is 12.1 Å². The van der Waals surface area contributed by atoms with Crippen LogP contribution in [0.3, 0.4) is 0 Å². The number of rotatable bonds is 5. The molecule has 0 fully saturated rings. The predicted molar refractivity (Wildman–Crippen MR) is 240 cm³/mol. The molecule has 0 saturated carbocycles. The molecule has 0 spiro atoms. The Morgan fingerprint density at radius 2 is 0.900 bits per heavy atom. The maximum Gasteiger partial charge on any atom is 0.417 e. The molecule has 3 nitrogen and oxygen atoms in total. The van der Waals surface area contributed by atoms with Crippen molar-refractivity contribution in [1.29, 1.82) is 5.26 Å². The third kappa shape index (κ3) is 5.96. The molecule has 0 aliphatic carbocycles. The van der Waals surface area contributed by atoms with Crippen molar-refractivity contribution in [2.24, 2.45) is 0 Å². The summed E-state index contributed by atoms with van der Waals surface area (Å²) in [5.74, 6) is 0. The topological polar surface area (TPSA) is 33.6 Å². The number of aromatic nitrogens is 2. The molecule has 0 aliphatic heterocycles. The van der Waals surface area contributed by atoms with Crippen LogP contribution in [0.2, 0.25) is 0 Å². The van der Waals surface area contributed by atoms with Gasteiger partial charge in [0.25, 0.3) is 0 Å². The fraction of sp³-hybridized carbons (Fsp3) is 0.0926. The van der Waals surface area contributed by atoms with Crippen molar-refractivity contribution in [3.63, 3.8) is 0 Å². The van der Waals surface area contributed by atoms with Gasteiger partial charge in [-0.25, -0.2) is 0 Å². The minimum atomic E-state index is -4.65. The van der Waals surface area contributed by atoms with E-state index in [4.69, 9.17) is 0 Å². The quantitative estimate of drug-likeness (QED) is 0.171. The van der Waals surface area contributed by atoms with Gasteiger partial charge >= 0.3 is 6.18 Å². The van der Waals surface area contributed by atoms with Crippen LogP contribution in [-0.2, 0) is 6.18 Å². The predicted octanol–water partition coefficient (Wildman–Crippen LogP) is 15.0. The first kappa shape index (κ1) is 36.9. The number of fused-ring (bicyclic) bond motifs is 6. The number of alkyl halides is 3. The Bertz CT molecular complexity index is 3390. The summed E-state index contributed by atoms with van der Waals surface area (Å²) in [4.78, 5) is 0. The molecule has 0 bridgehead atoms. The Hall–Kier alpha value is -7.36. The molecule has 10 aromatic rings. The molecule has 0 aliphatic rings. The number of benzene rings is 8. The second-order valence-corrected chi connectivity index (χ2v) is 15.9. The molecule has 8 aromatic carbocycles. The lowest BCUT2D eigenvalue weighted by Gasteiger charge is -2.22. The first-order chi connectivity index (χ1) is 29.0. The zero-order valence-electron chi connectivity index (χ0n) is 33.5. The monoisotopic (exact) mass is 785 g/mol. The lowest BCUT2D eigenvalue weighted by atomic mass is 9.94. The van der Waals surface area contributed by atoms with Crippen molar-refractivity contribution in [2.75, 3.05) is 0 Å². The SMILES string of the molecule is Cc1cc(C)cc(-c2ccc3c4ccccc4n(-c4ccc(-c5ccccc5C(F)(F)F)c(-n5c6ccccc6c6ccc(-c7cc(C)cc(C)c7)cc65)c4C#N)c3c2)c1. The second-order valence-electron chi connectivity index (χ2n) is 15.9. The first-order valence-electron chi connectivity index (χ1n) is 20.0. The lowest BCUT2D eigenvalue weighted by molar-refractivity contribution is -0.137. The third-order valence-electron chi connectivity index (χ3n) is 11.7. The normalized spacial score (nSPS) is 11.9. The molecular weight excluding hydrogens is 748 g/mol. The highest BCUT2D eigenvalue weighted by Gasteiger charge is 2.35. The van der Waals surface area contributed by atoms with Crippen LogP contribution in [0, 0.1) is 39.0 Å². The van der Waals surface area contributed by atoms with Gasteiger partial charge in [-0.15, -0.1) is 0 Å². The van der Waals surface area contributed by atoms with E-state index in [0.29, 0.717) is 16.9 Å². The number of nitrogens with zero attached hydrogens (tertiary/aromatic N) is 3. The maximum atomic E-state index is 15.0. The van der Waals surface area contributed by atoms with Crippen molar-refractivity contribution in [3.8, 4) is 50.8 Å². The summed E-state index contributed by atoms with van der Waals surface area (Å²) < 4.78 is 49.1. The minimum absolute atomic E-state index is 0.00114. The van der Waals surface area contributed by atoms with E-state index in [1.54, 1.807) is 12.1 Å². The highest BCUT2D eigenvalue weighted by atomic mass is 19.4. The van der Waals surface area contributed by atoms with Gasteiger partial charge in [-0.3, -0.25) is 0 Å². The van der Waals surface area contributed by atoms with E-state index in [1.807, 2.05) is 53.1 Å². The standard InChI is InChI=1S/C54H38F3N3/c1-32-23-33(2)26-38(25-32)36-17-19-43-41-12-6-9-15-48(41)59(51(43)29-36)50-22-21-45(40-11-5-8-14-47(40)54(55,56)57)53(46(50)31-58)60-49-16-10-7-13-42(49)44-20-18-37(30-52(44)60)39-27-34(3)24-35(4)28-39/h5-30H,1-4H3. The molecule has 0 amide bonds. The molecule has 6 heteroatoms. The Morgan fingerprint density at radius 3 is 1.43 bits per heavy atom. The molecule has 2 heterocycles. The van der Waals surface area contributed by atoms with E-state index in [2.05, 4.69) is 117 Å². The van der Waals surface area contributed by atoms with Gasteiger partial charge in [0.05, 0.1) is 39.0 Å². The Kier molecular flexibility index (Phi) is 8.55. The summed E-state index contributed by atoms with van der Waals surface area (Å²) in [6, 6.07) is 53.4. The van der Waals surface area contributed by atoms with Crippen molar-refractivity contribution in [1.82, 2.24) is 9.13 Å². The van der Waals surface area contributed by atoms with Crippen LogP contribution >= 0.6 is 0 Å². The molecular formula is C54H38F3N3. The number of hydrogen-bond acceptors (Lipinski definition) is 1. The van der Waals surface area contributed by atoms with E-state index in [0.717, 1.165) is 94.2 Å². The Balaban J connectivity index is 1.36. The van der Waals surface area contributed by atoms with Crippen molar-refractivity contribution < 1.29 is 13.2 Å². The summed E-state index contributed by atoms with van der Waals surface area (Å²) >= 11 is 0. The molecule has 0 unspecified atom stereocenters. The Labute approximate surface area is 345 Å². The van der Waals surface area contributed by atoms with Gasteiger partial charge in [-0.1, -0.05) is 144 Å². The summed E-state index contributed by atoms with van der Waals surface area (Å²) in [6.07, 6.45) is -4.65. The van der Waals surface area contributed by atoms with E-state index < -0.39 is 11.7 Å². The van der Waals surface area contributed by atoms with Crippen molar-refractivity contribution in [3.05, 3.63) is 191 Å². The van der Waals surface area contributed by atoms with Gasteiger partial charge in [-0.05, 0) is 91.9 Å². The molecule has 0 atom stereocenters. The van der Waals surface area contributed by atoms with Gasteiger partial charge in [0, 0.05) is 27.1 Å². The number of aryl methyl sites for hydroxylation is 4. The van der Waals surface area contributed by atoms with Crippen LogP contribution in [-0.4, -0.2) is 9.13 Å². The Morgan fingerprint density at radius 1 is 0.433 bits per heavy atom. The molecule has 10 rings (SSSR count). The van der Waals surface area contributed by atoms with Crippen LogP contribution in [0.1, 0.15) is 33.4 Å². The second kappa shape index (κ2) is 13.9. The van der Waals surface area contributed by atoms with E-state index in [-0.39, 0.29) is 11.1 Å². The minimum Gasteiger partial charge on any atom is -0.308 e. The molecule has 290 valence electrons. The fourth-order valence-corrected chi connectivity index (χ4v) is 9.38. The van der Waals surface area contributed by atoms with Crippen LogP contribution < -0.4 is 0 Å². The number of nitriles is 1. The smallest absolute Gasteiger partial charge is 0.308 e. The molecule has 2 aromatic heterocycles. The molecule has 0 saturated heterocycles. The van der Waals surface area contributed by atoms with E-state index in [9.17, 15) is 5.26 Å². The number of para-hydroxylation sites is 2. The average molecular weight is 786 g/mol. The van der Waals surface area contributed by atoms with Crippen molar-refractivity contribution >= 4 is 43.6 Å². The number of hydrogen-bond donors (Lipinski definition) is 0. The summed E-state index contributed by atoms with van der Waals surface area (Å²) in [5, 5.41) is 15.4. The maximum absolute atomic E-state index is 15.0. The van der Waals surface area contributed by atoms with Crippen molar-refractivity contribution in [2.45, 2.75) is 33.9 Å². The zero-order valence-corrected chi connectivity index (χ0v) is 33.5. The van der Waals surface area contributed by atoms with Gasteiger partial charge in [0.2, 0.25) is 0 Å². The lowest BCUT2D eigenvalue weighted by Crippen LogP contribution is -2.10. The first-order valence-corrected chi connectivity index (χ1v) is 20.0. The highest BCUT2D eigenvalue weighted by Crippen LogP contribution is 2.46. The van der Waals surface area contributed by atoms with Gasteiger partial charge in [0.1, 0.15) is 11.6 Å². The van der Waals surface area contributed by atoms with Crippen LogP contribution in [0.4, 0.5) is 13.2 Å². The molecule has 0 N–H and O–H groups in total. The summed E-state index contributed by atoms with van der Waals surface area (Å²) in [7, 11) is 0. The van der Waals surface area contributed by atoms with Crippen LogP contribution in [0.15, 0.2) is 158 Å². The molecule has 60 heavy (non-hydrogen) atoms. The van der Waals surface area contributed by atoms with Crippen LogP contribution in [0.5, 0.6) is 0 Å². The average Bonchev–Trinajstić information content (AvgIpc) is 3.74. The highest BCUT2D eigenvalue weighted by molar-refractivity contribution is 6.12. The fourth-order valence-electron chi connectivity index (χ4n) is 9.38. The summed E-state index contributed by atoms with van der Waals surface area (Å²) in [5.41, 5.74) is 12.7. The zero-order chi connectivity index (χ0) is 41.4. The van der Waals surface area contributed by atoms with Gasteiger partial charge < -0.3 is 9.13 Å².